The Kier molecular flexibility index (Phi) is 6.13. The number of halogens is 1. The first-order chi connectivity index (χ1) is 14.5. The minimum atomic E-state index is -0.484. The highest BCUT2D eigenvalue weighted by molar-refractivity contribution is 5.95. The van der Waals surface area contributed by atoms with Crippen molar-refractivity contribution in [2.75, 3.05) is 19.0 Å². The number of nitrogens with one attached hydrogen (secondary N) is 2. The number of hydrogen-bond acceptors (Lipinski definition) is 5. The molecule has 2 aromatic rings. The molecule has 1 aromatic heterocycles. The van der Waals surface area contributed by atoms with Crippen molar-refractivity contribution in [2.45, 2.75) is 49.8 Å². The second kappa shape index (κ2) is 8.79. The summed E-state index contributed by atoms with van der Waals surface area (Å²) in [6.45, 7) is 0.615. The van der Waals surface area contributed by atoms with Crippen LogP contribution in [-0.4, -0.2) is 36.7 Å². The minimum Gasteiger partial charge on any atom is -0.380 e. The van der Waals surface area contributed by atoms with Crippen molar-refractivity contribution in [1.82, 2.24) is 10.3 Å². The Morgan fingerprint density at radius 3 is 2.87 bits per heavy atom. The van der Waals surface area contributed by atoms with Gasteiger partial charge in [0.2, 0.25) is 5.91 Å². The topological polar surface area (TPSA) is 89.3 Å². The number of aryl methyl sites for hydroxylation is 1. The van der Waals surface area contributed by atoms with Crippen molar-refractivity contribution in [3.05, 3.63) is 59.7 Å². The number of rotatable bonds is 8. The summed E-state index contributed by atoms with van der Waals surface area (Å²) in [5.74, 6) is -0.265. The van der Waals surface area contributed by atoms with E-state index in [9.17, 15) is 9.18 Å². The molecule has 1 aliphatic heterocycles. The summed E-state index contributed by atoms with van der Waals surface area (Å²) >= 11 is 0. The van der Waals surface area contributed by atoms with Gasteiger partial charge in [0.25, 0.3) is 0 Å². The molecule has 4 N–H and O–H groups in total. The molecule has 160 valence electrons. The number of hydrogen-bond donors (Lipinski definition) is 3. The molecule has 6 nitrogen and oxygen atoms in total. The molecule has 4 rings (SSSR count). The van der Waals surface area contributed by atoms with Gasteiger partial charge in [0.15, 0.2) is 0 Å². The predicted molar refractivity (Wildman–Crippen MR) is 113 cm³/mol. The smallest absolute Gasteiger partial charge is 0.241 e. The lowest BCUT2D eigenvalue weighted by Crippen LogP contribution is -2.40. The first-order valence-corrected chi connectivity index (χ1v) is 10.6. The summed E-state index contributed by atoms with van der Waals surface area (Å²) in [7, 11) is 1.62. The lowest BCUT2D eigenvalue weighted by atomic mass is 9.84. The fraction of sp³-hybridized carbons (Fsp3) is 0.478. The Morgan fingerprint density at radius 2 is 2.20 bits per heavy atom. The van der Waals surface area contributed by atoms with Crippen molar-refractivity contribution in [3.63, 3.8) is 0 Å². The van der Waals surface area contributed by atoms with Crippen LogP contribution in [0.3, 0.4) is 0 Å². The van der Waals surface area contributed by atoms with Gasteiger partial charge in [0, 0.05) is 19.9 Å². The van der Waals surface area contributed by atoms with Gasteiger partial charge in [-0.25, -0.2) is 4.39 Å². The first-order valence-electron chi connectivity index (χ1n) is 10.6. The molecule has 2 heterocycles. The van der Waals surface area contributed by atoms with Gasteiger partial charge in [-0.05, 0) is 67.9 Å². The molecule has 3 atom stereocenters. The monoisotopic (exact) mass is 412 g/mol. The van der Waals surface area contributed by atoms with Crippen molar-refractivity contribution >= 4 is 11.6 Å². The summed E-state index contributed by atoms with van der Waals surface area (Å²) in [5.41, 5.74) is 8.36. The van der Waals surface area contributed by atoms with Crippen LogP contribution >= 0.6 is 0 Å². The quantitative estimate of drug-likeness (QED) is 0.620. The molecule has 0 unspecified atom stereocenters. The van der Waals surface area contributed by atoms with E-state index in [1.807, 2.05) is 18.2 Å². The number of carbonyl (C=O) groups is 1. The van der Waals surface area contributed by atoms with Gasteiger partial charge < -0.3 is 21.1 Å². The number of pyridine rings is 1. The number of amides is 1. The Bertz CT molecular complexity index is 890. The summed E-state index contributed by atoms with van der Waals surface area (Å²) in [5, 5.41) is 5.84. The maximum Gasteiger partial charge on any atom is 0.241 e. The molecule has 1 aliphatic carbocycles. The van der Waals surface area contributed by atoms with Gasteiger partial charge in [0.05, 0.1) is 29.1 Å². The van der Waals surface area contributed by atoms with Gasteiger partial charge in [-0.2, -0.15) is 0 Å². The zero-order valence-electron chi connectivity index (χ0n) is 17.2. The molecule has 1 saturated carbocycles. The highest BCUT2D eigenvalue weighted by atomic mass is 19.1. The highest BCUT2D eigenvalue weighted by Gasteiger charge is 2.44. The minimum absolute atomic E-state index is 0.00336. The lowest BCUT2D eigenvalue weighted by Gasteiger charge is -2.29. The molecule has 2 fully saturated rings. The molecule has 30 heavy (non-hydrogen) atoms. The van der Waals surface area contributed by atoms with E-state index in [4.69, 9.17) is 10.5 Å². The van der Waals surface area contributed by atoms with E-state index in [0.717, 1.165) is 24.1 Å². The van der Waals surface area contributed by atoms with Crippen LogP contribution < -0.4 is 16.4 Å². The van der Waals surface area contributed by atoms with Crippen LogP contribution in [0.5, 0.6) is 0 Å². The molecule has 1 saturated heterocycles. The third-order valence-corrected chi connectivity index (χ3v) is 6.30. The van der Waals surface area contributed by atoms with E-state index in [2.05, 4.69) is 15.6 Å². The first kappa shape index (κ1) is 20.9. The molecule has 0 radical (unpaired) electrons. The molecule has 2 aliphatic rings. The van der Waals surface area contributed by atoms with Crippen LogP contribution in [-0.2, 0) is 21.5 Å². The van der Waals surface area contributed by atoms with Crippen LogP contribution in [0.4, 0.5) is 10.1 Å². The van der Waals surface area contributed by atoms with Crippen molar-refractivity contribution in [1.29, 1.82) is 0 Å². The zero-order valence-corrected chi connectivity index (χ0v) is 17.2. The van der Waals surface area contributed by atoms with Gasteiger partial charge in [-0.15, -0.1) is 0 Å². The SMILES string of the molecule is CO[C@H]1CN[C@@H](C(=O)Nc2cc(CC[C@@](N)(c3ccccn3)C3CC3)ccc2F)C1. The number of aromatic nitrogens is 1. The van der Waals surface area contributed by atoms with Crippen LogP contribution in [0.2, 0.25) is 0 Å². The van der Waals surface area contributed by atoms with E-state index in [-0.39, 0.29) is 23.7 Å². The van der Waals surface area contributed by atoms with E-state index >= 15 is 0 Å². The standard InChI is InChI=1S/C23H29FN4O2/c1-30-17-13-20(27-14-17)22(29)28-19-12-15(5-8-18(19)24)9-10-23(25,16-6-7-16)21-4-2-3-11-26-21/h2-5,8,11-12,16-17,20,27H,6-7,9-10,13-14,25H2,1H3,(H,28,29)/t17-,20-,23+/m1/s1. The molecular formula is C23H29FN4O2. The molecule has 1 amide bonds. The second-order valence-electron chi connectivity index (χ2n) is 8.39. The second-order valence-corrected chi connectivity index (χ2v) is 8.39. The normalized spacial score (nSPS) is 23.2. The van der Waals surface area contributed by atoms with E-state index < -0.39 is 11.4 Å². The van der Waals surface area contributed by atoms with E-state index in [1.54, 1.807) is 25.4 Å². The average Bonchev–Trinajstić information content (AvgIpc) is 3.52. The number of nitrogens with two attached hydrogens (primary N) is 1. The van der Waals surface area contributed by atoms with Crippen LogP contribution in [0, 0.1) is 11.7 Å². The number of carbonyl (C=O) groups excluding carboxylic acids is 1. The fourth-order valence-electron chi connectivity index (χ4n) is 4.26. The number of methoxy groups -OCH3 is 1. The van der Waals surface area contributed by atoms with Gasteiger partial charge >= 0.3 is 0 Å². The van der Waals surface area contributed by atoms with Crippen LogP contribution in [0.15, 0.2) is 42.6 Å². The molecule has 0 spiro atoms. The van der Waals surface area contributed by atoms with Crippen molar-refractivity contribution < 1.29 is 13.9 Å². The molecule has 0 bridgehead atoms. The molecule has 7 heteroatoms. The maximum absolute atomic E-state index is 14.3. The fourth-order valence-corrected chi connectivity index (χ4v) is 4.26. The largest absolute Gasteiger partial charge is 0.380 e. The van der Waals surface area contributed by atoms with Crippen molar-refractivity contribution in [3.8, 4) is 0 Å². The summed E-state index contributed by atoms with van der Waals surface area (Å²) in [6, 6.07) is 10.3. The Labute approximate surface area is 176 Å². The number of anilines is 1. The highest BCUT2D eigenvalue weighted by Crippen LogP contribution is 2.46. The number of ether oxygens (including phenoxy) is 1. The Hall–Kier alpha value is -2.35. The molecule has 1 aromatic carbocycles. The van der Waals surface area contributed by atoms with E-state index in [1.165, 1.54) is 6.07 Å². The number of nitrogens with zero attached hydrogens (tertiary/aromatic N) is 1. The lowest BCUT2D eigenvalue weighted by molar-refractivity contribution is -0.118. The van der Waals surface area contributed by atoms with Gasteiger partial charge in [-0.3, -0.25) is 9.78 Å². The summed E-state index contributed by atoms with van der Waals surface area (Å²) in [4.78, 5) is 17.0. The Morgan fingerprint density at radius 1 is 1.37 bits per heavy atom. The van der Waals surface area contributed by atoms with Crippen molar-refractivity contribution in [2.24, 2.45) is 11.7 Å². The maximum atomic E-state index is 14.3. The number of benzene rings is 1. The summed E-state index contributed by atoms with van der Waals surface area (Å²) in [6.07, 6.45) is 5.96. The molecular weight excluding hydrogens is 383 g/mol. The Balaban J connectivity index is 1.43. The van der Waals surface area contributed by atoms with E-state index in [0.29, 0.717) is 31.7 Å². The van der Waals surface area contributed by atoms with Gasteiger partial charge in [0.1, 0.15) is 5.82 Å². The summed E-state index contributed by atoms with van der Waals surface area (Å²) < 4.78 is 19.6. The van der Waals surface area contributed by atoms with Gasteiger partial charge in [-0.1, -0.05) is 12.1 Å². The third kappa shape index (κ3) is 4.53. The third-order valence-electron chi connectivity index (χ3n) is 6.30. The zero-order chi connectivity index (χ0) is 21.1. The van der Waals surface area contributed by atoms with Crippen LogP contribution in [0.25, 0.3) is 0 Å². The average molecular weight is 413 g/mol. The van der Waals surface area contributed by atoms with Crippen LogP contribution in [0.1, 0.15) is 36.9 Å². The predicted octanol–water partition coefficient (Wildman–Crippen LogP) is 2.73.